The number of carbonyl (C=O) groups is 1. The summed E-state index contributed by atoms with van der Waals surface area (Å²) in [5.41, 5.74) is 1.69. The first-order chi connectivity index (χ1) is 11.0. The molecule has 1 rings (SSSR count). The Balaban J connectivity index is 2.66. The van der Waals surface area contributed by atoms with Crippen LogP contribution in [0, 0.1) is 0 Å². The summed E-state index contributed by atoms with van der Waals surface area (Å²) < 4.78 is 5.23. The smallest absolute Gasteiger partial charge is 0.407 e. The number of thioether (sulfide) groups is 1. The molecule has 0 saturated carbocycles. The molecule has 0 aromatic heterocycles. The highest BCUT2D eigenvalue weighted by Crippen LogP contribution is 2.14. The van der Waals surface area contributed by atoms with Gasteiger partial charge in [0.25, 0.3) is 0 Å². The quantitative estimate of drug-likeness (QED) is 0.467. The number of nitrogens with one attached hydrogen (secondary N) is 1. The second-order valence-electron chi connectivity index (χ2n) is 7.94. The average Bonchev–Trinajstić information content (AvgIpc) is 2.44. The zero-order valence-electron chi connectivity index (χ0n) is 15.9. The molecule has 1 aromatic rings. The van der Waals surface area contributed by atoms with Gasteiger partial charge in [0, 0.05) is 18.3 Å². The lowest BCUT2D eigenvalue weighted by Gasteiger charge is -2.19. The van der Waals surface area contributed by atoms with Crippen molar-refractivity contribution in [2.45, 2.75) is 52.6 Å². The van der Waals surface area contributed by atoms with Crippen LogP contribution in [-0.4, -0.2) is 37.2 Å². The molecule has 4 nitrogen and oxygen atoms in total. The molecule has 134 valence electrons. The van der Waals surface area contributed by atoms with Crippen LogP contribution in [0.5, 0.6) is 0 Å². The number of nitrogens with zero attached hydrogens (tertiary/aromatic N) is 1. The number of hydrogen-bond donors (Lipinski definition) is 1. The van der Waals surface area contributed by atoms with Crippen molar-refractivity contribution in [2.75, 3.05) is 12.4 Å². The largest absolute Gasteiger partial charge is 0.444 e. The summed E-state index contributed by atoms with van der Waals surface area (Å²) >= 11 is 1.68. The van der Waals surface area contributed by atoms with Crippen molar-refractivity contribution < 1.29 is 9.53 Å². The number of carbonyl (C=O) groups excluding carboxylic acids is 1. The Bertz CT molecular complexity index is 572. The molecule has 0 aliphatic heterocycles. The minimum absolute atomic E-state index is 0.395. The van der Waals surface area contributed by atoms with Crippen molar-refractivity contribution >= 4 is 31.0 Å². The first-order valence-electron chi connectivity index (χ1n) is 8.15. The zero-order chi connectivity index (χ0) is 18.4. The fraction of sp³-hybridized carbons (Fsp3) is 0.556. The minimum Gasteiger partial charge on any atom is -0.444 e. The summed E-state index contributed by atoms with van der Waals surface area (Å²) in [6.45, 7) is 13.0. The lowest BCUT2D eigenvalue weighted by atomic mass is 10.1. The molecule has 1 amide bonds. The molecular weight excluding hydrogens is 336 g/mol. The van der Waals surface area contributed by atoms with Gasteiger partial charge in [-0.1, -0.05) is 43.9 Å². The number of ether oxygens (including phenoxy) is 1. The van der Waals surface area contributed by atoms with Crippen molar-refractivity contribution in [3.63, 3.8) is 0 Å². The topological polar surface area (TPSA) is 50.7 Å². The van der Waals surface area contributed by atoms with Gasteiger partial charge in [-0.25, -0.2) is 4.79 Å². The van der Waals surface area contributed by atoms with Gasteiger partial charge in [-0.15, -0.1) is 11.8 Å². The molecule has 0 bridgehead atoms. The van der Waals surface area contributed by atoms with Crippen molar-refractivity contribution in [3.05, 3.63) is 35.4 Å². The number of hydrogen-bond acceptors (Lipinski definition) is 4. The third-order valence-electron chi connectivity index (χ3n) is 2.93. The van der Waals surface area contributed by atoms with Crippen LogP contribution in [0.15, 0.2) is 29.3 Å². The van der Waals surface area contributed by atoms with Crippen LogP contribution in [0.1, 0.15) is 31.9 Å². The van der Waals surface area contributed by atoms with Gasteiger partial charge in [0.1, 0.15) is 5.60 Å². The van der Waals surface area contributed by atoms with E-state index >= 15 is 0 Å². The summed E-state index contributed by atoms with van der Waals surface area (Å²) in [7, 11) is -1.19. The zero-order valence-corrected chi connectivity index (χ0v) is 17.7. The van der Waals surface area contributed by atoms with Crippen LogP contribution in [0.2, 0.25) is 19.6 Å². The van der Waals surface area contributed by atoms with E-state index in [0.717, 1.165) is 22.3 Å². The summed E-state index contributed by atoms with van der Waals surface area (Å²) in [5, 5.41) is 3.85. The lowest BCUT2D eigenvalue weighted by molar-refractivity contribution is 0.0523. The van der Waals surface area contributed by atoms with Gasteiger partial charge in [-0.05, 0) is 32.6 Å². The van der Waals surface area contributed by atoms with Gasteiger partial charge in [0.05, 0.1) is 13.1 Å². The van der Waals surface area contributed by atoms with Crippen molar-refractivity contribution in [2.24, 2.45) is 4.99 Å². The predicted octanol–water partition coefficient (Wildman–Crippen LogP) is 4.70. The van der Waals surface area contributed by atoms with E-state index in [1.54, 1.807) is 11.8 Å². The number of alkyl carbamates (subject to hydrolysis) is 1. The lowest BCUT2D eigenvalue weighted by Crippen LogP contribution is -2.32. The molecule has 0 aliphatic carbocycles. The molecule has 0 heterocycles. The molecule has 24 heavy (non-hydrogen) atoms. The second kappa shape index (κ2) is 8.71. The Morgan fingerprint density at radius 1 is 1.21 bits per heavy atom. The van der Waals surface area contributed by atoms with Crippen LogP contribution in [0.25, 0.3) is 0 Å². The van der Waals surface area contributed by atoms with E-state index in [-0.39, 0.29) is 0 Å². The standard InChI is InChI=1S/C18H30N2O2SSi/c1-18(2,3)22-17(21)19-12-14-8-10-15(11-9-14)16(23-4)20-13-24(5,6)7/h8-11H,12-13H2,1-7H3,(H,19,21)/b20-16-. The molecule has 0 radical (unpaired) electrons. The average molecular weight is 367 g/mol. The third kappa shape index (κ3) is 8.54. The number of aliphatic imine (C=N–C) groups is 1. The Morgan fingerprint density at radius 3 is 2.25 bits per heavy atom. The molecule has 0 spiro atoms. The maximum absolute atomic E-state index is 11.7. The van der Waals surface area contributed by atoms with E-state index in [1.807, 2.05) is 32.9 Å². The molecule has 0 atom stereocenters. The summed E-state index contributed by atoms with van der Waals surface area (Å²) in [6, 6.07) is 8.16. The fourth-order valence-corrected chi connectivity index (χ4v) is 3.15. The SMILES string of the molecule is CS/C(=N\C[Si](C)(C)C)c1ccc(CNC(=O)OC(C)(C)C)cc1. The first kappa shape index (κ1) is 20.8. The van der Waals surface area contributed by atoms with E-state index in [0.29, 0.717) is 6.54 Å². The Morgan fingerprint density at radius 2 is 1.79 bits per heavy atom. The Kier molecular flexibility index (Phi) is 7.54. The highest BCUT2D eigenvalue weighted by Gasteiger charge is 2.16. The van der Waals surface area contributed by atoms with Crippen LogP contribution in [-0.2, 0) is 11.3 Å². The second-order valence-corrected chi connectivity index (χ2v) is 14.2. The monoisotopic (exact) mass is 366 g/mol. The first-order valence-corrected chi connectivity index (χ1v) is 13.1. The van der Waals surface area contributed by atoms with Gasteiger partial charge in [0.2, 0.25) is 0 Å². The van der Waals surface area contributed by atoms with Crippen molar-refractivity contribution in [1.29, 1.82) is 0 Å². The van der Waals surface area contributed by atoms with E-state index in [2.05, 4.69) is 43.3 Å². The van der Waals surface area contributed by atoms with E-state index < -0.39 is 19.8 Å². The maximum Gasteiger partial charge on any atom is 0.407 e. The van der Waals surface area contributed by atoms with Gasteiger partial charge in [0.15, 0.2) is 0 Å². The Labute approximate surface area is 151 Å². The van der Waals surface area contributed by atoms with E-state index in [9.17, 15) is 4.79 Å². The molecule has 1 aromatic carbocycles. The predicted molar refractivity (Wildman–Crippen MR) is 108 cm³/mol. The fourth-order valence-electron chi connectivity index (χ4n) is 1.84. The molecule has 6 heteroatoms. The normalized spacial score (nSPS) is 12.9. The molecule has 0 saturated heterocycles. The van der Waals surface area contributed by atoms with Crippen molar-refractivity contribution in [1.82, 2.24) is 5.32 Å². The molecule has 0 fully saturated rings. The van der Waals surface area contributed by atoms with Crippen LogP contribution < -0.4 is 5.32 Å². The van der Waals surface area contributed by atoms with Crippen LogP contribution in [0.4, 0.5) is 4.79 Å². The Hall–Kier alpha value is -1.27. The third-order valence-corrected chi connectivity index (χ3v) is 4.79. The van der Waals surface area contributed by atoms with Gasteiger partial charge in [-0.3, -0.25) is 4.99 Å². The van der Waals surface area contributed by atoms with E-state index in [4.69, 9.17) is 9.73 Å². The van der Waals surface area contributed by atoms with Crippen LogP contribution in [0.3, 0.4) is 0 Å². The minimum atomic E-state index is -1.19. The van der Waals surface area contributed by atoms with Crippen molar-refractivity contribution in [3.8, 4) is 0 Å². The summed E-state index contributed by atoms with van der Waals surface area (Å²) in [5.74, 6) is 0. The summed E-state index contributed by atoms with van der Waals surface area (Å²) in [6.07, 6.45) is 2.60. The molecular formula is C18H30N2O2SSi. The maximum atomic E-state index is 11.7. The van der Waals surface area contributed by atoms with E-state index in [1.165, 1.54) is 0 Å². The summed E-state index contributed by atoms with van der Waals surface area (Å²) in [4.78, 5) is 16.5. The molecule has 1 N–H and O–H groups in total. The van der Waals surface area contributed by atoms with Gasteiger partial charge in [-0.2, -0.15) is 0 Å². The highest BCUT2D eigenvalue weighted by atomic mass is 32.2. The highest BCUT2D eigenvalue weighted by molar-refractivity contribution is 8.13. The van der Waals surface area contributed by atoms with Gasteiger partial charge >= 0.3 is 6.09 Å². The molecule has 0 aliphatic rings. The van der Waals surface area contributed by atoms with Gasteiger partial charge < -0.3 is 10.1 Å². The number of benzene rings is 1. The van der Waals surface area contributed by atoms with Crippen LogP contribution >= 0.6 is 11.8 Å². The number of rotatable bonds is 5. The molecule has 0 unspecified atom stereocenters. The number of amides is 1.